The highest BCUT2D eigenvalue weighted by atomic mass is 32.1. The summed E-state index contributed by atoms with van der Waals surface area (Å²) < 4.78 is 5.57. The maximum absolute atomic E-state index is 7.30. The monoisotopic (exact) mass is 247 g/mol. The molecule has 0 aliphatic rings. The predicted molar refractivity (Wildman–Crippen MR) is 68.1 cm³/mol. The van der Waals surface area contributed by atoms with Crippen LogP contribution in [0.3, 0.4) is 0 Å². The summed E-state index contributed by atoms with van der Waals surface area (Å²) in [5, 5.41) is 9.33. The molecule has 0 aliphatic heterocycles. The summed E-state index contributed by atoms with van der Waals surface area (Å²) in [7, 11) is 0. The van der Waals surface area contributed by atoms with Crippen molar-refractivity contribution in [3.63, 3.8) is 0 Å². The topological polar surface area (TPSA) is 72.0 Å². The van der Waals surface area contributed by atoms with Crippen LogP contribution in [-0.2, 0) is 18.0 Å². The molecule has 2 heterocycles. The summed E-state index contributed by atoms with van der Waals surface area (Å²) in [6.07, 6.45) is 1.64. The highest BCUT2D eigenvalue weighted by Crippen LogP contribution is 2.11. The van der Waals surface area contributed by atoms with Crippen LogP contribution < -0.4 is 5.73 Å². The number of hydrogen-bond acceptors (Lipinski definition) is 4. The summed E-state index contributed by atoms with van der Waals surface area (Å²) in [5.74, 6) is -0.0230. The molecule has 2 aromatic heterocycles. The molecule has 0 fully saturated rings. The molecule has 0 aliphatic carbocycles. The molecule has 3 N–H and O–H groups in total. The number of nitrogens with two attached hydrogens (primary N) is 1. The zero-order valence-electron chi connectivity index (χ0n) is 9.22. The van der Waals surface area contributed by atoms with Crippen LogP contribution in [0.4, 0.5) is 0 Å². The molecule has 0 spiro atoms. The Balaban J connectivity index is 1.90. The fourth-order valence-electron chi connectivity index (χ4n) is 1.38. The maximum Gasteiger partial charge on any atom is 0.141 e. The van der Waals surface area contributed by atoms with E-state index in [1.165, 1.54) is 4.88 Å². The molecule has 17 heavy (non-hydrogen) atoms. The van der Waals surface area contributed by atoms with Crippen LogP contribution in [0.25, 0.3) is 0 Å². The van der Waals surface area contributed by atoms with Crippen molar-refractivity contribution in [2.45, 2.75) is 13.2 Å². The van der Waals surface area contributed by atoms with Gasteiger partial charge in [0.1, 0.15) is 11.5 Å². The normalized spacial score (nSPS) is 10.4. The van der Waals surface area contributed by atoms with Crippen LogP contribution in [0, 0.1) is 5.41 Å². The van der Waals surface area contributed by atoms with Crippen LogP contribution in [0.5, 0.6) is 0 Å². The van der Waals surface area contributed by atoms with Crippen LogP contribution in [0.1, 0.15) is 16.1 Å². The molecule has 2 aromatic rings. The van der Waals surface area contributed by atoms with E-state index in [2.05, 4.69) is 4.98 Å². The van der Waals surface area contributed by atoms with Crippen LogP contribution in [-0.4, -0.2) is 10.8 Å². The number of aromatic nitrogens is 1. The van der Waals surface area contributed by atoms with E-state index in [0.29, 0.717) is 18.9 Å². The fraction of sp³-hybridized carbons (Fsp3) is 0.167. The van der Waals surface area contributed by atoms with E-state index >= 15 is 0 Å². The molecule has 4 nitrogen and oxygen atoms in total. The van der Waals surface area contributed by atoms with Gasteiger partial charge in [0.25, 0.3) is 0 Å². The van der Waals surface area contributed by atoms with E-state index in [9.17, 15) is 0 Å². The van der Waals surface area contributed by atoms with Gasteiger partial charge in [-0.3, -0.25) is 10.4 Å². The van der Waals surface area contributed by atoms with E-state index in [-0.39, 0.29) is 5.84 Å². The van der Waals surface area contributed by atoms with Gasteiger partial charge in [-0.1, -0.05) is 6.07 Å². The first kappa shape index (κ1) is 11.8. The Labute approximate surface area is 104 Å². The number of nitrogens with one attached hydrogen (secondary N) is 1. The van der Waals surface area contributed by atoms with Crippen LogP contribution in [0.2, 0.25) is 0 Å². The van der Waals surface area contributed by atoms with Crippen molar-refractivity contribution < 1.29 is 4.74 Å². The quantitative estimate of drug-likeness (QED) is 0.628. The first-order valence-corrected chi connectivity index (χ1v) is 6.03. The third kappa shape index (κ3) is 3.37. The van der Waals surface area contributed by atoms with Gasteiger partial charge in [-0.2, -0.15) is 0 Å². The van der Waals surface area contributed by atoms with Crippen molar-refractivity contribution in [2.75, 3.05) is 0 Å². The molecule has 0 bridgehead atoms. The summed E-state index contributed by atoms with van der Waals surface area (Å²) in [5.41, 5.74) is 6.83. The second-order valence-electron chi connectivity index (χ2n) is 3.54. The molecule has 0 unspecified atom stereocenters. The van der Waals surface area contributed by atoms with Crippen molar-refractivity contribution in [2.24, 2.45) is 5.73 Å². The van der Waals surface area contributed by atoms with Gasteiger partial charge >= 0.3 is 0 Å². The minimum Gasteiger partial charge on any atom is -0.382 e. The summed E-state index contributed by atoms with van der Waals surface area (Å²) in [4.78, 5) is 5.19. The van der Waals surface area contributed by atoms with Crippen molar-refractivity contribution in [3.8, 4) is 0 Å². The van der Waals surface area contributed by atoms with Crippen molar-refractivity contribution >= 4 is 17.2 Å². The molecular formula is C12H13N3OS. The number of nitrogen functional groups attached to an aromatic ring is 1. The summed E-state index contributed by atoms with van der Waals surface area (Å²) >= 11 is 1.67. The second kappa shape index (κ2) is 5.56. The minimum atomic E-state index is -0.0230. The Morgan fingerprint density at radius 1 is 1.41 bits per heavy atom. The molecule has 0 radical (unpaired) electrons. The van der Waals surface area contributed by atoms with Gasteiger partial charge in [-0.25, -0.2) is 0 Å². The minimum absolute atomic E-state index is 0.0230. The maximum atomic E-state index is 7.30. The molecular weight excluding hydrogens is 234 g/mol. The van der Waals surface area contributed by atoms with Crippen molar-refractivity contribution in [3.05, 3.63) is 52.0 Å². The zero-order valence-corrected chi connectivity index (χ0v) is 10.0. The largest absolute Gasteiger partial charge is 0.382 e. The second-order valence-corrected chi connectivity index (χ2v) is 4.57. The lowest BCUT2D eigenvalue weighted by atomic mass is 10.2. The first-order valence-electron chi connectivity index (χ1n) is 5.15. The average molecular weight is 247 g/mol. The molecule has 0 atom stereocenters. The Morgan fingerprint density at radius 3 is 3.00 bits per heavy atom. The third-order valence-corrected chi connectivity index (χ3v) is 3.04. The highest BCUT2D eigenvalue weighted by molar-refractivity contribution is 7.09. The van der Waals surface area contributed by atoms with Crippen molar-refractivity contribution in [1.29, 1.82) is 5.41 Å². The predicted octanol–water partition coefficient (Wildman–Crippen LogP) is 2.14. The van der Waals surface area contributed by atoms with Gasteiger partial charge in [0.2, 0.25) is 0 Å². The summed E-state index contributed by atoms with van der Waals surface area (Å²) in [6, 6.07) is 7.68. The molecule has 0 saturated heterocycles. The molecule has 88 valence electrons. The number of thiophene rings is 1. The highest BCUT2D eigenvalue weighted by Gasteiger charge is 2.00. The average Bonchev–Trinajstić information content (AvgIpc) is 2.82. The van der Waals surface area contributed by atoms with Gasteiger partial charge in [-0.15, -0.1) is 11.3 Å². The Kier molecular flexibility index (Phi) is 3.85. The van der Waals surface area contributed by atoms with Gasteiger partial charge < -0.3 is 10.5 Å². The number of pyridine rings is 1. The lowest BCUT2D eigenvalue weighted by Gasteiger charge is -2.04. The molecule has 2 rings (SSSR count). The number of amidine groups is 1. The molecule has 0 aromatic carbocycles. The molecule has 0 saturated carbocycles. The van der Waals surface area contributed by atoms with E-state index in [0.717, 1.165) is 5.56 Å². The lowest BCUT2D eigenvalue weighted by molar-refractivity contribution is 0.109. The summed E-state index contributed by atoms with van der Waals surface area (Å²) in [6.45, 7) is 1.11. The first-order chi connectivity index (χ1) is 8.25. The van der Waals surface area contributed by atoms with E-state index < -0.39 is 0 Å². The number of rotatable bonds is 5. The Hall–Kier alpha value is -1.72. The van der Waals surface area contributed by atoms with Gasteiger partial charge in [-0.05, 0) is 29.1 Å². The van der Waals surface area contributed by atoms with Crippen molar-refractivity contribution in [1.82, 2.24) is 4.98 Å². The lowest BCUT2D eigenvalue weighted by Crippen LogP contribution is -2.13. The molecule has 5 heteroatoms. The number of hydrogen-bond donors (Lipinski definition) is 2. The van der Waals surface area contributed by atoms with Gasteiger partial charge in [0, 0.05) is 11.1 Å². The standard InChI is InChI=1S/C12H13N3OS/c13-12(14)11-6-9(3-4-15-11)7-16-8-10-2-1-5-17-10/h1-6H,7-8H2,(H3,13,14). The van der Waals surface area contributed by atoms with E-state index in [4.69, 9.17) is 15.9 Å². The van der Waals surface area contributed by atoms with Gasteiger partial charge in [0.05, 0.1) is 13.2 Å². The van der Waals surface area contributed by atoms with Crippen LogP contribution >= 0.6 is 11.3 Å². The SMILES string of the molecule is N=C(N)c1cc(COCc2cccs2)ccn1. The smallest absolute Gasteiger partial charge is 0.141 e. The Morgan fingerprint density at radius 2 is 2.29 bits per heavy atom. The van der Waals surface area contributed by atoms with E-state index in [1.54, 1.807) is 23.6 Å². The number of ether oxygens (including phenoxy) is 1. The molecule has 0 amide bonds. The van der Waals surface area contributed by atoms with E-state index in [1.807, 2.05) is 23.6 Å². The third-order valence-electron chi connectivity index (χ3n) is 2.19. The van der Waals surface area contributed by atoms with Gasteiger partial charge in [0.15, 0.2) is 0 Å². The Bertz CT molecular complexity index is 496. The fourth-order valence-corrected chi connectivity index (χ4v) is 2.02. The number of nitrogens with zero attached hydrogens (tertiary/aromatic N) is 1. The zero-order chi connectivity index (χ0) is 12.1. The van der Waals surface area contributed by atoms with Crippen LogP contribution in [0.15, 0.2) is 35.8 Å².